The van der Waals surface area contributed by atoms with Crippen LogP contribution >= 0.6 is 46.8 Å². The lowest BCUT2D eigenvalue weighted by Crippen LogP contribution is -2.46. The number of nitrogens with zero attached hydrogens (tertiary/aromatic N) is 3. The van der Waals surface area contributed by atoms with E-state index < -0.39 is 6.04 Å². The normalized spacial score (nSPS) is 14.3. The summed E-state index contributed by atoms with van der Waals surface area (Å²) in [5, 5.41) is 1.29. The molecule has 1 unspecified atom stereocenters. The highest BCUT2D eigenvalue weighted by Crippen LogP contribution is 2.34. The molecule has 1 atom stereocenters. The largest absolute Gasteiger partial charge is 0.398 e. The van der Waals surface area contributed by atoms with Gasteiger partial charge in [0.05, 0.1) is 16.0 Å². The summed E-state index contributed by atoms with van der Waals surface area (Å²) in [6.07, 6.45) is 4.79. The van der Waals surface area contributed by atoms with E-state index in [-0.39, 0.29) is 5.91 Å². The van der Waals surface area contributed by atoms with Gasteiger partial charge in [0.25, 0.3) is 0 Å². The van der Waals surface area contributed by atoms with Crippen molar-refractivity contribution in [1.29, 1.82) is 0 Å². The fourth-order valence-corrected chi connectivity index (χ4v) is 5.34. The Hall–Kier alpha value is -1.90. The zero-order valence-electron chi connectivity index (χ0n) is 17.1. The number of aromatic nitrogens is 2. The third kappa shape index (κ3) is 5.35. The Kier molecular flexibility index (Phi) is 7.53. The van der Waals surface area contributed by atoms with Gasteiger partial charge in [0.1, 0.15) is 0 Å². The molecule has 0 aliphatic carbocycles. The van der Waals surface area contributed by atoms with Crippen LogP contribution < -0.4 is 10.5 Å². The van der Waals surface area contributed by atoms with Gasteiger partial charge in [-0.1, -0.05) is 47.5 Å². The monoisotopic (exact) mass is 509 g/mol. The van der Waals surface area contributed by atoms with Crippen LogP contribution in [-0.4, -0.2) is 32.9 Å². The topological polar surface area (TPSA) is 76.2 Å². The van der Waals surface area contributed by atoms with Crippen LogP contribution in [-0.2, 0) is 24.3 Å². The predicted octanol–water partition coefficient (Wildman–Crippen LogP) is 5.07. The van der Waals surface area contributed by atoms with Crippen molar-refractivity contribution < 1.29 is 4.79 Å². The Labute approximate surface area is 206 Å². The van der Waals surface area contributed by atoms with Gasteiger partial charge < -0.3 is 15.2 Å². The van der Waals surface area contributed by atoms with Crippen LogP contribution in [0.25, 0.3) is 0 Å². The number of amides is 1. The second-order valence-corrected chi connectivity index (χ2v) is 9.57. The van der Waals surface area contributed by atoms with Crippen molar-refractivity contribution in [2.24, 2.45) is 0 Å². The van der Waals surface area contributed by atoms with Gasteiger partial charge in [-0.05, 0) is 59.7 Å². The van der Waals surface area contributed by atoms with Crippen molar-refractivity contribution in [2.45, 2.75) is 36.9 Å². The molecule has 4 rings (SSSR count). The Morgan fingerprint density at radius 2 is 2.00 bits per heavy atom. The minimum Gasteiger partial charge on any atom is -0.398 e. The lowest BCUT2D eigenvalue weighted by molar-refractivity contribution is -0.134. The number of benzene rings is 2. The summed E-state index contributed by atoms with van der Waals surface area (Å²) < 4.78 is 5.09. The van der Waals surface area contributed by atoms with Gasteiger partial charge in [-0.3, -0.25) is 4.79 Å². The molecule has 0 radical (unpaired) electrons. The van der Waals surface area contributed by atoms with Gasteiger partial charge >= 0.3 is 0 Å². The predicted molar refractivity (Wildman–Crippen MR) is 131 cm³/mol. The molecule has 10 heteroatoms. The van der Waals surface area contributed by atoms with Gasteiger partial charge in [-0.2, -0.15) is 0 Å². The van der Waals surface area contributed by atoms with Crippen molar-refractivity contribution in [3.8, 4) is 0 Å². The van der Waals surface area contributed by atoms with Crippen LogP contribution in [0, 0.1) is 0 Å². The summed E-state index contributed by atoms with van der Waals surface area (Å²) in [4.78, 5) is 20.1. The molecule has 1 aliphatic heterocycles. The molecule has 3 N–H and O–H groups in total. The standard InChI is InChI=1S/C22H22Cl3N5OS/c23-16-11-17(24)20(18(26)12-16)32-28-19(6-9-29-10-7-27-22(29)25)21(31)30-8-5-14-3-1-2-4-15(14)13-30/h1-4,7,10-12,19,28H,5-6,8-9,13,26H2. The molecule has 3 aromatic rings. The van der Waals surface area contributed by atoms with Crippen molar-refractivity contribution in [3.05, 3.63) is 75.2 Å². The van der Waals surface area contributed by atoms with E-state index in [0.29, 0.717) is 52.0 Å². The summed E-state index contributed by atoms with van der Waals surface area (Å²) in [7, 11) is 0. The smallest absolute Gasteiger partial charge is 0.240 e. The molecular weight excluding hydrogens is 489 g/mol. The van der Waals surface area contributed by atoms with Crippen molar-refractivity contribution >= 4 is 58.3 Å². The number of fused-ring (bicyclic) bond motifs is 1. The van der Waals surface area contributed by atoms with Crippen molar-refractivity contribution in [1.82, 2.24) is 19.2 Å². The molecule has 0 bridgehead atoms. The van der Waals surface area contributed by atoms with Gasteiger partial charge in [0, 0.05) is 42.7 Å². The average Bonchev–Trinajstić information content (AvgIpc) is 3.19. The van der Waals surface area contributed by atoms with E-state index in [0.717, 1.165) is 6.42 Å². The van der Waals surface area contributed by atoms with Gasteiger partial charge in [-0.15, -0.1) is 0 Å². The average molecular weight is 511 g/mol. The first-order chi connectivity index (χ1) is 15.4. The Balaban J connectivity index is 1.51. The third-order valence-electron chi connectivity index (χ3n) is 5.40. The molecule has 6 nitrogen and oxygen atoms in total. The molecule has 0 saturated carbocycles. The summed E-state index contributed by atoms with van der Waals surface area (Å²) in [5.74, 6) is 0.0203. The maximum Gasteiger partial charge on any atom is 0.240 e. The van der Waals surface area contributed by atoms with E-state index in [1.54, 1.807) is 24.5 Å². The number of rotatable bonds is 7. The lowest BCUT2D eigenvalue weighted by Gasteiger charge is -2.32. The number of nitrogens with two attached hydrogens (primary N) is 1. The minimum atomic E-state index is -0.477. The zero-order valence-corrected chi connectivity index (χ0v) is 20.2. The van der Waals surface area contributed by atoms with Crippen LogP contribution in [0.15, 0.2) is 53.7 Å². The van der Waals surface area contributed by atoms with E-state index in [9.17, 15) is 4.79 Å². The Morgan fingerprint density at radius 3 is 2.72 bits per heavy atom. The van der Waals surface area contributed by atoms with Crippen LogP contribution in [0.2, 0.25) is 15.3 Å². The van der Waals surface area contributed by atoms with E-state index in [4.69, 9.17) is 40.5 Å². The van der Waals surface area contributed by atoms with Crippen LogP contribution in [0.5, 0.6) is 0 Å². The van der Waals surface area contributed by atoms with Crippen molar-refractivity contribution in [3.63, 3.8) is 0 Å². The fourth-order valence-electron chi connectivity index (χ4n) is 3.70. The number of hydrogen-bond donors (Lipinski definition) is 2. The lowest BCUT2D eigenvalue weighted by atomic mass is 9.99. The van der Waals surface area contributed by atoms with Crippen molar-refractivity contribution in [2.75, 3.05) is 12.3 Å². The number of carbonyl (C=O) groups excluding carboxylic acids is 1. The molecule has 0 saturated heterocycles. The molecule has 2 aromatic carbocycles. The second kappa shape index (κ2) is 10.4. The van der Waals surface area contributed by atoms with Crippen LogP contribution in [0.1, 0.15) is 17.5 Å². The van der Waals surface area contributed by atoms with E-state index in [1.807, 2.05) is 21.6 Å². The number of anilines is 1. The number of aryl methyl sites for hydroxylation is 1. The highest BCUT2D eigenvalue weighted by molar-refractivity contribution is 7.97. The molecule has 168 valence electrons. The van der Waals surface area contributed by atoms with Crippen LogP contribution in [0.3, 0.4) is 0 Å². The number of nitrogens with one attached hydrogen (secondary N) is 1. The molecule has 1 aliphatic rings. The number of nitrogen functional groups attached to an aromatic ring is 1. The SMILES string of the molecule is Nc1cc(Cl)cc(Cl)c1SNC(CCn1ccnc1Cl)C(=O)N1CCc2ccccc2C1. The second-order valence-electron chi connectivity index (χ2n) is 7.54. The van der Waals surface area contributed by atoms with E-state index in [2.05, 4.69) is 21.8 Å². The van der Waals surface area contributed by atoms with E-state index in [1.165, 1.54) is 23.1 Å². The molecule has 1 aromatic heterocycles. The number of hydrogen-bond acceptors (Lipinski definition) is 5. The summed E-state index contributed by atoms with van der Waals surface area (Å²) >= 11 is 19.7. The van der Waals surface area contributed by atoms with Crippen LogP contribution in [0.4, 0.5) is 5.69 Å². The molecule has 0 fully saturated rings. The zero-order chi connectivity index (χ0) is 22.7. The fraction of sp³-hybridized carbons (Fsp3) is 0.273. The molecule has 2 heterocycles. The highest BCUT2D eigenvalue weighted by Gasteiger charge is 2.28. The Bertz CT molecular complexity index is 1100. The maximum absolute atomic E-state index is 13.5. The first-order valence-electron chi connectivity index (χ1n) is 10.1. The number of halogens is 3. The third-order valence-corrected chi connectivity index (χ3v) is 7.41. The highest BCUT2D eigenvalue weighted by atomic mass is 35.5. The van der Waals surface area contributed by atoms with Gasteiger partial charge in [0.2, 0.25) is 11.2 Å². The molecule has 1 amide bonds. The van der Waals surface area contributed by atoms with Gasteiger partial charge in [-0.25, -0.2) is 9.71 Å². The summed E-state index contributed by atoms with van der Waals surface area (Å²) in [5.41, 5.74) is 9.03. The summed E-state index contributed by atoms with van der Waals surface area (Å²) in [6, 6.07) is 11.0. The first-order valence-corrected chi connectivity index (χ1v) is 12.1. The van der Waals surface area contributed by atoms with E-state index >= 15 is 0 Å². The maximum atomic E-state index is 13.5. The Morgan fingerprint density at radius 1 is 1.22 bits per heavy atom. The molecule has 32 heavy (non-hydrogen) atoms. The molecule has 0 spiro atoms. The quantitative estimate of drug-likeness (QED) is 0.343. The number of carbonyl (C=O) groups is 1. The minimum absolute atomic E-state index is 0.0203. The van der Waals surface area contributed by atoms with Gasteiger partial charge in [0.15, 0.2) is 0 Å². The summed E-state index contributed by atoms with van der Waals surface area (Å²) in [6.45, 7) is 1.80. The molecular formula is C22H22Cl3N5OS. The number of imidazole rings is 1. The first kappa shape index (κ1) is 23.3.